The van der Waals surface area contributed by atoms with Crippen molar-refractivity contribution in [3.05, 3.63) is 83.2 Å². The second-order valence-electron chi connectivity index (χ2n) is 5.65. The minimum atomic E-state index is -0.597. The summed E-state index contributed by atoms with van der Waals surface area (Å²) in [6, 6.07) is 18.2. The van der Waals surface area contributed by atoms with E-state index in [1.54, 1.807) is 24.3 Å². The van der Waals surface area contributed by atoms with Gasteiger partial charge in [-0.05, 0) is 23.3 Å². The van der Waals surface area contributed by atoms with Crippen LogP contribution in [0.2, 0.25) is 0 Å². The first kappa shape index (κ1) is 19.7. The van der Waals surface area contributed by atoms with E-state index >= 15 is 0 Å². The monoisotopic (exact) mass is 363 g/mol. The fourth-order valence-corrected chi connectivity index (χ4v) is 2.26. The van der Waals surface area contributed by atoms with Crippen molar-refractivity contribution in [3.63, 3.8) is 0 Å². The normalized spacial score (nSPS) is 11.5. The highest BCUT2D eigenvalue weighted by atomic mass is 16.2. The van der Waals surface area contributed by atoms with Gasteiger partial charge in [0.15, 0.2) is 0 Å². The molecule has 0 aromatic heterocycles. The molecule has 0 bridgehead atoms. The first-order valence-corrected chi connectivity index (χ1v) is 8.34. The lowest BCUT2D eigenvalue weighted by Crippen LogP contribution is -2.37. The third kappa shape index (κ3) is 6.28. The molecule has 3 N–H and O–H groups in total. The molecule has 0 saturated heterocycles. The fourth-order valence-electron chi connectivity index (χ4n) is 2.26. The highest BCUT2D eigenvalue weighted by Crippen LogP contribution is 2.08. The quantitative estimate of drug-likeness (QED) is 0.687. The molecule has 0 unspecified atom stereocenters. The van der Waals surface area contributed by atoms with Crippen LogP contribution in [0, 0.1) is 0 Å². The summed E-state index contributed by atoms with van der Waals surface area (Å²) in [7, 11) is 1.47. The number of nitrogens with one attached hydrogen (secondary N) is 3. The Balaban J connectivity index is 2.32. The van der Waals surface area contributed by atoms with Gasteiger partial charge in [0.1, 0.15) is 11.4 Å². The van der Waals surface area contributed by atoms with Crippen LogP contribution in [0.25, 0.3) is 12.2 Å². The van der Waals surface area contributed by atoms with Crippen molar-refractivity contribution in [1.29, 1.82) is 0 Å². The van der Waals surface area contributed by atoms with Gasteiger partial charge in [-0.2, -0.15) is 0 Å². The Bertz CT molecular complexity index is 872. The highest BCUT2D eigenvalue weighted by molar-refractivity contribution is 6.07. The van der Waals surface area contributed by atoms with Crippen molar-refractivity contribution in [2.75, 3.05) is 7.05 Å². The second kappa shape index (κ2) is 9.72. The summed E-state index contributed by atoms with van der Waals surface area (Å²) in [6.45, 7) is 1.31. The predicted molar refractivity (Wildman–Crippen MR) is 105 cm³/mol. The van der Waals surface area contributed by atoms with E-state index in [9.17, 15) is 14.4 Å². The molecule has 0 aliphatic rings. The van der Waals surface area contributed by atoms with Crippen LogP contribution in [-0.4, -0.2) is 24.8 Å². The number of benzene rings is 2. The van der Waals surface area contributed by atoms with Crippen molar-refractivity contribution in [1.82, 2.24) is 16.0 Å². The second-order valence-corrected chi connectivity index (χ2v) is 5.65. The molecule has 2 rings (SSSR count). The number of carbonyl (C=O) groups excluding carboxylic acids is 3. The zero-order valence-electron chi connectivity index (χ0n) is 15.2. The summed E-state index contributed by atoms with van der Waals surface area (Å²) in [5, 5.41) is 7.57. The molecule has 27 heavy (non-hydrogen) atoms. The topological polar surface area (TPSA) is 87.3 Å². The Kier molecular flexibility index (Phi) is 7.07. The molecule has 6 heteroatoms. The minimum absolute atomic E-state index is 0.0385. The summed E-state index contributed by atoms with van der Waals surface area (Å²) >= 11 is 0. The van der Waals surface area contributed by atoms with Crippen LogP contribution in [0.4, 0.5) is 0 Å². The van der Waals surface area contributed by atoms with Crippen molar-refractivity contribution in [2.45, 2.75) is 6.92 Å². The van der Waals surface area contributed by atoms with Gasteiger partial charge in [0.25, 0.3) is 11.8 Å². The first-order chi connectivity index (χ1) is 13.0. The van der Waals surface area contributed by atoms with Crippen LogP contribution in [0.15, 0.2) is 72.1 Å². The van der Waals surface area contributed by atoms with E-state index < -0.39 is 11.8 Å². The van der Waals surface area contributed by atoms with Crippen LogP contribution in [0.3, 0.4) is 0 Å². The molecule has 0 aliphatic carbocycles. The Hall–Kier alpha value is -3.67. The largest absolute Gasteiger partial charge is 0.354 e. The van der Waals surface area contributed by atoms with E-state index in [1.807, 2.05) is 48.5 Å². The van der Waals surface area contributed by atoms with E-state index in [-0.39, 0.29) is 17.3 Å². The zero-order chi connectivity index (χ0) is 19.6. The SMILES string of the molecule is CNC(=O)/C(=C/c1ccccc1)NC(=O)/C(=C/c1ccccc1)NC(C)=O. The van der Waals surface area contributed by atoms with E-state index in [0.29, 0.717) is 0 Å². The third-order valence-corrected chi connectivity index (χ3v) is 3.50. The van der Waals surface area contributed by atoms with Crippen molar-refractivity contribution in [3.8, 4) is 0 Å². The number of rotatable bonds is 6. The Morgan fingerprint density at radius 1 is 0.704 bits per heavy atom. The van der Waals surface area contributed by atoms with Gasteiger partial charge >= 0.3 is 0 Å². The smallest absolute Gasteiger partial charge is 0.272 e. The Labute approximate surface area is 158 Å². The summed E-state index contributed by atoms with van der Waals surface area (Å²) in [4.78, 5) is 36.3. The molecule has 2 aromatic carbocycles. The average Bonchev–Trinajstić information content (AvgIpc) is 2.67. The van der Waals surface area contributed by atoms with Crippen LogP contribution >= 0.6 is 0 Å². The van der Waals surface area contributed by atoms with E-state index in [2.05, 4.69) is 16.0 Å². The standard InChI is InChI=1S/C21H21N3O3/c1-15(25)23-19(14-17-11-7-4-8-12-17)21(27)24-18(20(26)22-2)13-16-9-5-3-6-10-16/h3-14H,1-2H3,(H,22,26)(H,23,25)(H,24,27)/b18-13-,19-14-. The van der Waals surface area contributed by atoms with Gasteiger partial charge in [-0.25, -0.2) is 0 Å². The molecular formula is C21H21N3O3. The molecule has 0 heterocycles. The maximum absolute atomic E-state index is 12.7. The molecule has 0 atom stereocenters. The maximum atomic E-state index is 12.7. The molecule has 0 aliphatic heterocycles. The lowest BCUT2D eigenvalue weighted by Gasteiger charge is -2.12. The summed E-state index contributed by atoms with van der Waals surface area (Å²) in [5.74, 6) is -1.44. The first-order valence-electron chi connectivity index (χ1n) is 8.34. The van der Waals surface area contributed by atoms with Crippen LogP contribution in [-0.2, 0) is 14.4 Å². The molecule has 0 fully saturated rings. The van der Waals surface area contributed by atoms with Gasteiger partial charge in [-0.3, -0.25) is 14.4 Å². The average molecular weight is 363 g/mol. The Morgan fingerprint density at radius 3 is 1.56 bits per heavy atom. The molecule has 2 aromatic rings. The molecule has 3 amide bonds. The number of amides is 3. The molecule has 138 valence electrons. The molecule has 0 radical (unpaired) electrons. The van der Waals surface area contributed by atoms with E-state index in [1.165, 1.54) is 14.0 Å². The van der Waals surface area contributed by atoms with Crippen molar-refractivity contribution < 1.29 is 14.4 Å². The van der Waals surface area contributed by atoms with Gasteiger partial charge in [0, 0.05) is 14.0 Å². The lowest BCUT2D eigenvalue weighted by atomic mass is 10.1. The number of carbonyl (C=O) groups is 3. The Morgan fingerprint density at radius 2 is 1.15 bits per heavy atom. The van der Waals surface area contributed by atoms with E-state index in [4.69, 9.17) is 0 Å². The third-order valence-electron chi connectivity index (χ3n) is 3.50. The minimum Gasteiger partial charge on any atom is -0.354 e. The highest BCUT2D eigenvalue weighted by Gasteiger charge is 2.16. The summed E-state index contributed by atoms with van der Waals surface area (Å²) in [6.07, 6.45) is 3.10. The van der Waals surface area contributed by atoms with Crippen LogP contribution in [0.1, 0.15) is 18.1 Å². The van der Waals surface area contributed by atoms with Gasteiger partial charge in [-0.1, -0.05) is 60.7 Å². The van der Waals surface area contributed by atoms with E-state index in [0.717, 1.165) is 11.1 Å². The van der Waals surface area contributed by atoms with Gasteiger partial charge < -0.3 is 16.0 Å². The number of hydrogen-bond acceptors (Lipinski definition) is 3. The molecule has 6 nitrogen and oxygen atoms in total. The zero-order valence-corrected chi connectivity index (χ0v) is 15.2. The van der Waals surface area contributed by atoms with Gasteiger partial charge in [-0.15, -0.1) is 0 Å². The molecular weight excluding hydrogens is 342 g/mol. The van der Waals surface area contributed by atoms with Crippen molar-refractivity contribution in [2.24, 2.45) is 0 Å². The summed E-state index contributed by atoms with van der Waals surface area (Å²) in [5.41, 5.74) is 1.60. The number of likely N-dealkylation sites (N-methyl/N-ethyl adjacent to an activating group) is 1. The van der Waals surface area contributed by atoms with Crippen LogP contribution in [0.5, 0.6) is 0 Å². The molecule has 0 spiro atoms. The summed E-state index contributed by atoms with van der Waals surface area (Å²) < 4.78 is 0. The predicted octanol–water partition coefficient (Wildman–Crippen LogP) is 2.07. The fraction of sp³-hybridized carbons (Fsp3) is 0.0952. The number of hydrogen-bond donors (Lipinski definition) is 3. The van der Waals surface area contributed by atoms with Crippen molar-refractivity contribution >= 4 is 29.9 Å². The van der Waals surface area contributed by atoms with Gasteiger partial charge in [0.05, 0.1) is 0 Å². The molecule has 0 saturated carbocycles. The lowest BCUT2D eigenvalue weighted by molar-refractivity contribution is -0.123. The van der Waals surface area contributed by atoms with Crippen LogP contribution < -0.4 is 16.0 Å². The van der Waals surface area contributed by atoms with Gasteiger partial charge in [0.2, 0.25) is 5.91 Å². The maximum Gasteiger partial charge on any atom is 0.272 e.